The predicted octanol–water partition coefficient (Wildman–Crippen LogP) is 4.04. The van der Waals surface area contributed by atoms with E-state index in [1.54, 1.807) is 23.1 Å². The number of benzene rings is 2. The van der Waals surface area contributed by atoms with Crippen LogP contribution in [0.3, 0.4) is 0 Å². The van der Waals surface area contributed by atoms with Crippen molar-refractivity contribution in [1.82, 2.24) is 10.2 Å². The van der Waals surface area contributed by atoms with Gasteiger partial charge >= 0.3 is 0 Å². The number of ether oxygens (including phenoxy) is 2. The summed E-state index contributed by atoms with van der Waals surface area (Å²) in [6.45, 7) is 7.76. The van der Waals surface area contributed by atoms with Crippen molar-refractivity contribution in [3.63, 3.8) is 0 Å². The number of hydrogen-bond donors (Lipinski definition) is 1. The van der Waals surface area contributed by atoms with Crippen molar-refractivity contribution < 1.29 is 27.5 Å². The van der Waals surface area contributed by atoms with Gasteiger partial charge in [0.1, 0.15) is 19.3 Å². The first-order valence-corrected chi connectivity index (χ1v) is 15.5. The predicted molar refractivity (Wildman–Crippen MR) is 153 cm³/mol. The van der Waals surface area contributed by atoms with E-state index in [0.29, 0.717) is 56.3 Å². The standard InChI is InChI=1S/C29H41N3O6S/c1-5-7-15-30-29(34)25(6-2)31(21-23-11-8-10-22(3)19-23)28(33)12-9-16-32(39(4,35)36)24-13-14-26-27(20-24)38-18-17-37-26/h8,10-11,13-14,19-20,25H,5-7,9,12,15-18,21H2,1-4H3,(H,30,34)/t25-/m0/s1. The Kier molecular flexibility index (Phi) is 11.0. The molecule has 1 aliphatic rings. The number of rotatable bonds is 14. The van der Waals surface area contributed by atoms with E-state index in [0.717, 1.165) is 30.2 Å². The SMILES string of the molecule is CCCCNC(=O)[C@H](CC)N(Cc1cccc(C)c1)C(=O)CCCN(c1ccc2c(c1)OCCO2)S(C)(=O)=O. The maximum Gasteiger partial charge on any atom is 0.242 e. The summed E-state index contributed by atoms with van der Waals surface area (Å²) < 4.78 is 37.8. The lowest BCUT2D eigenvalue weighted by Crippen LogP contribution is -2.49. The van der Waals surface area contributed by atoms with Crippen LogP contribution in [-0.4, -0.2) is 63.7 Å². The molecule has 1 heterocycles. The van der Waals surface area contributed by atoms with Gasteiger partial charge in [-0.15, -0.1) is 0 Å². The van der Waals surface area contributed by atoms with Crippen LogP contribution in [-0.2, 0) is 26.2 Å². The summed E-state index contributed by atoms with van der Waals surface area (Å²) in [6, 6.07) is 12.3. The smallest absolute Gasteiger partial charge is 0.242 e. The summed E-state index contributed by atoms with van der Waals surface area (Å²) in [5.41, 5.74) is 2.47. The van der Waals surface area contributed by atoms with Gasteiger partial charge in [0.25, 0.3) is 0 Å². The first-order chi connectivity index (χ1) is 18.6. The van der Waals surface area contributed by atoms with Gasteiger partial charge in [-0.25, -0.2) is 8.42 Å². The van der Waals surface area contributed by atoms with Gasteiger partial charge in [0.05, 0.1) is 11.9 Å². The molecule has 0 saturated carbocycles. The summed E-state index contributed by atoms with van der Waals surface area (Å²) in [5, 5.41) is 2.97. The molecule has 1 N–H and O–H groups in total. The van der Waals surface area contributed by atoms with E-state index < -0.39 is 16.1 Å². The third kappa shape index (κ3) is 8.61. The molecule has 0 spiro atoms. The summed E-state index contributed by atoms with van der Waals surface area (Å²) in [6.07, 6.45) is 3.84. The molecule has 2 aromatic carbocycles. The number of amides is 2. The molecule has 2 amide bonds. The van der Waals surface area contributed by atoms with Crippen molar-refractivity contribution in [2.45, 2.75) is 65.5 Å². The molecular formula is C29H41N3O6S. The number of carbonyl (C=O) groups is 2. The molecular weight excluding hydrogens is 518 g/mol. The van der Waals surface area contributed by atoms with Gasteiger partial charge in [0.2, 0.25) is 21.8 Å². The number of nitrogens with zero attached hydrogens (tertiary/aromatic N) is 2. The minimum Gasteiger partial charge on any atom is -0.486 e. The molecule has 2 aromatic rings. The van der Waals surface area contributed by atoms with Crippen molar-refractivity contribution >= 4 is 27.5 Å². The van der Waals surface area contributed by atoms with Crippen LogP contribution in [0.1, 0.15) is 57.1 Å². The minimum atomic E-state index is -3.62. The molecule has 10 heteroatoms. The van der Waals surface area contributed by atoms with Crippen LogP contribution in [0.25, 0.3) is 0 Å². The highest BCUT2D eigenvalue weighted by Crippen LogP contribution is 2.34. The zero-order chi connectivity index (χ0) is 28.4. The Balaban J connectivity index is 1.75. The van der Waals surface area contributed by atoms with Crippen LogP contribution < -0.4 is 19.1 Å². The van der Waals surface area contributed by atoms with Crippen molar-refractivity contribution in [2.75, 3.05) is 36.9 Å². The topological polar surface area (TPSA) is 105 Å². The van der Waals surface area contributed by atoms with Gasteiger partial charge in [-0.1, -0.05) is 50.1 Å². The van der Waals surface area contributed by atoms with E-state index in [4.69, 9.17) is 9.47 Å². The van der Waals surface area contributed by atoms with E-state index in [2.05, 4.69) is 12.2 Å². The van der Waals surface area contributed by atoms with Gasteiger partial charge in [0.15, 0.2) is 11.5 Å². The second-order valence-electron chi connectivity index (χ2n) is 9.85. The zero-order valence-electron chi connectivity index (χ0n) is 23.4. The highest BCUT2D eigenvalue weighted by molar-refractivity contribution is 7.92. The molecule has 0 fully saturated rings. The fourth-order valence-electron chi connectivity index (χ4n) is 4.62. The Morgan fingerprint density at radius 1 is 1.03 bits per heavy atom. The average molecular weight is 560 g/mol. The third-order valence-corrected chi connectivity index (χ3v) is 7.81. The van der Waals surface area contributed by atoms with Gasteiger partial charge in [-0.2, -0.15) is 0 Å². The molecule has 0 bridgehead atoms. The van der Waals surface area contributed by atoms with Crippen molar-refractivity contribution in [2.24, 2.45) is 0 Å². The number of aryl methyl sites for hydroxylation is 1. The van der Waals surface area contributed by atoms with Gasteiger partial charge in [0, 0.05) is 32.1 Å². The molecule has 214 valence electrons. The highest BCUT2D eigenvalue weighted by atomic mass is 32.2. The number of unbranched alkanes of at least 4 members (excludes halogenated alkanes) is 1. The summed E-state index contributed by atoms with van der Waals surface area (Å²) in [4.78, 5) is 28.3. The van der Waals surface area contributed by atoms with E-state index in [1.807, 2.05) is 38.1 Å². The molecule has 0 saturated heterocycles. The summed E-state index contributed by atoms with van der Waals surface area (Å²) in [5.74, 6) is 0.710. The quantitative estimate of drug-likeness (QED) is 0.351. The van der Waals surface area contributed by atoms with E-state index in [1.165, 1.54) is 4.31 Å². The van der Waals surface area contributed by atoms with E-state index in [-0.39, 0.29) is 24.8 Å². The molecule has 1 aliphatic heterocycles. The Morgan fingerprint density at radius 2 is 1.77 bits per heavy atom. The monoisotopic (exact) mass is 559 g/mol. The third-order valence-electron chi connectivity index (χ3n) is 6.62. The first-order valence-electron chi connectivity index (χ1n) is 13.6. The Labute approximate surface area is 232 Å². The zero-order valence-corrected chi connectivity index (χ0v) is 24.3. The van der Waals surface area contributed by atoms with Gasteiger partial charge in [-0.3, -0.25) is 13.9 Å². The van der Waals surface area contributed by atoms with Crippen molar-refractivity contribution in [3.05, 3.63) is 53.6 Å². The maximum absolute atomic E-state index is 13.6. The summed E-state index contributed by atoms with van der Waals surface area (Å²) >= 11 is 0. The minimum absolute atomic E-state index is 0.0983. The van der Waals surface area contributed by atoms with Gasteiger partial charge < -0.3 is 19.7 Å². The number of sulfonamides is 1. The van der Waals surface area contributed by atoms with Crippen molar-refractivity contribution in [1.29, 1.82) is 0 Å². The van der Waals surface area contributed by atoms with E-state index >= 15 is 0 Å². The van der Waals surface area contributed by atoms with Crippen LogP contribution in [0, 0.1) is 6.92 Å². The van der Waals surface area contributed by atoms with Crippen LogP contribution in [0.5, 0.6) is 11.5 Å². The van der Waals surface area contributed by atoms with Crippen LogP contribution in [0.2, 0.25) is 0 Å². The second-order valence-corrected chi connectivity index (χ2v) is 11.8. The fourth-order valence-corrected chi connectivity index (χ4v) is 5.58. The maximum atomic E-state index is 13.6. The molecule has 1 atom stereocenters. The Hall–Kier alpha value is -3.27. The number of fused-ring (bicyclic) bond motifs is 1. The molecule has 0 aromatic heterocycles. The van der Waals surface area contributed by atoms with E-state index in [9.17, 15) is 18.0 Å². The van der Waals surface area contributed by atoms with Crippen LogP contribution >= 0.6 is 0 Å². The molecule has 9 nitrogen and oxygen atoms in total. The number of carbonyl (C=O) groups excluding carboxylic acids is 2. The molecule has 39 heavy (non-hydrogen) atoms. The average Bonchev–Trinajstić information content (AvgIpc) is 2.90. The largest absolute Gasteiger partial charge is 0.486 e. The fraction of sp³-hybridized carbons (Fsp3) is 0.517. The molecule has 0 radical (unpaired) electrons. The van der Waals surface area contributed by atoms with Crippen LogP contribution in [0.15, 0.2) is 42.5 Å². The molecule has 0 unspecified atom stereocenters. The molecule has 3 rings (SSSR count). The second kappa shape index (κ2) is 14.2. The Bertz CT molecular complexity index is 1230. The summed E-state index contributed by atoms with van der Waals surface area (Å²) in [7, 11) is -3.62. The lowest BCUT2D eigenvalue weighted by molar-refractivity contribution is -0.141. The van der Waals surface area contributed by atoms with Crippen molar-refractivity contribution in [3.8, 4) is 11.5 Å². The number of anilines is 1. The lowest BCUT2D eigenvalue weighted by atomic mass is 10.1. The number of hydrogen-bond acceptors (Lipinski definition) is 6. The Morgan fingerprint density at radius 3 is 2.44 bits per heavy atom. The van der Waals surface area contributed by atoms with Gasteiger partial charge in [-0.05, 0) is 43.9 Å². The number of nitrogens with one attached hydrogen (secondary N) is 1. The normalized spacial score (nSPS) is 13.4. The van der Waals surface area contributed by atoms with Crippen LogP contribution in [0.4, 0.5) is 5.69 Å². The highest BCUT2D eigenvalue weighted by Gasteiger charge is 2.29. The first kappa shape index (κ1) is 30.3. The lowest BCUT2D eigenvalue weighted by Gasteiger charge is -2.31. The molecule has 0 aliphatic carbocycles.